The fourth-order valence-corrected chi connectivity index (χ4v) is 4.39. The van der Waals surface area contributed by atoms with Gasteiger partial charge in [-0.3, -0.25) is 4.79 Å². The highest BCUT2D eigenvalue weighted by atomic mass is 32.2. The van der Waals surface area contributed by atoms with Gasteiger partial charge in [-0.1, -0.05) is 18.2 Å². The highest BCUT2D eigenvalue weighted by Crippen LogP contribution is 2.49. The van der Waals surface area contributed by atoms with Crippen LogP contribution in [0.25, 0.3) is 0 Å². The number of nitrogens with zero attached hydrogens (tertiary/aromatic N) is 1. The van der Waals surface area contributed by atoms with Crippen molar-refractivity contribution in [3.05, 3.63) is 30.3 Å². The van der Waals surface area contributed by atoms with Crippen LogP contribution in [0.1, 0.15) is 25.7 Å². The molecule has 2 fully saturated rings. The smallest absolute Gasteiger partial charge is 0.306 e. The Morgan fingerprint density at radius 3 is 2.71 bits per heavy atom. The Kier molecular flexibility index (Phi) is 4.55. The van der Waals surface area contributed by atoms with E-state index in [0.717, 1.165) is 25.0 Å². The molecule has 1 spiro atoms. The molecule has 1 aliphatic carbocycles. The van der Waals surface area contributed by atoms with Crippen LogP contribution in [0.15, 0.2) is 35.2 Å². The normalized spacial score (nSPS) is 20.8. The number of thioether (sulfide) groups is 1. The summed E-state index contributed by atoms with van der Waals surface area (Å²) in [6.07, 6.45) is 3.76. The number of ether oxygens (including phenoxy) is 1. The van der Waals surface area contributed by atoms with Crippen molar-refractivity contribution in [2.45, 2.75) is 36.7 Å². The lowest BCUT2D eigenvalue weighted by Crippen LogP contribution is -2.62. The maximum absolute atomic E-state index is 11.8. The number of likely N-dealkylation sites (tertiary alicyclic amines) is 1. The van der Waals surface area contributed by atoms with E-state index in [-0.39, 0.29) is 12.1 Å². The van der Waals surface area contributed by atoms with Crippen LogP contribution < -0.4 is 0 Å². The molecule has 3 rings (SSSR count). The summed E-state index contributed by atoms with van der Waals surface area (Å²) in [5, 5.41) is 0. The summed E-state index contributed by atoms with van der Waals surface area (Å²) in [6.45, 7) is 2.35. The summed E-state index contributed by atoms with van der Waals surface area (Å²) >= 11 is 1.80. The van der Waals surface area contributed by atoms with E-state index in [9.17, 15) is 4.79 Å². The van der Waals surface area contributed by atoms with Gasteiger partial charge in [-0.25, -0.2) is 0 Å². The SMILES string of the molecule is CN1CC2(CC(OC(=O)CCCSc3ccccc3)C2)C1. The fourth-order valence-electron chi connectivity index (χ4n) is 3.51. The molecule has 1 saturated heterocycles. The third-order valence-corrected chi connectivity index (χ3v) is 5.47. The quantitative estimate of drug-likeness (QED) is 0.458. The van der Waals surface area contributed by atoms with Crippen LogP contribution in [-0.2, 0) is 9.53 Å². The highest BCUT2D eigenvalue weighted by Gasteiger charge is 2.52. The topological polar surface area (TPSA) is 29.5 Å². The first-order valence-electron chi connectivity index (χ1n) is 7.71. The van der Waals surface area contributed by atoms with Crippen LogP contribution in [0.4, 0.5) is 0 Å². The van der Waals surface area contributed by atoms with Gasteiger partial charge in [0.1, 0.15) is 6.10 Å². The molecule has 1 aliphatic heterocycles. The van der Waals surface area contributed by atoms with Crippen LogP contribution in [0.2, 0.25) is 0 Å². The van der Waals surface area contributed by atoms with Crippen LogP contribution in [-0.4, -0.2) is 42.9 Å². The molecule has 1 aromatic rings. The number of benzene rings is 1. The molecule has 0 unspecified atom stereocenters. The van der Waals surface area contributed by atoms with E-state index in [1.165, 1.54) is 18.0 Å². The third kappa shape index (κ3) is 3.80. The van der Waals surface area contributed by atoms with E-state index in [4.69, 9.17) is 4.74 Å². The second kappa shape index (κ2) is 6.41. The van der Waals surface area contributed by atoms with Crippen molar-refractivity contribution in [1.29, 1.82) is 0 Å². The maximum Gasteiger partial charge on any atom is 0.306 e. The zero-order valence-electron chi connectivity index (χ0n) is 12.6. The lowest BCUT2D eigenvalue weighted by molar-refractivity contribution is -0.174. The first kappa shape index (κ1) is 14.9. The van der Waals surface area contributed by atoms with E-state index in [2.05, 4.69) is 24.1 Å². The minimum Gasteiger partial charge on any atom is -0.462 e. The Morgan fingerprint density at radius 2 is 2.05 bits per heavy atom. The summed E-state index contributed by atoms with van der Waals surface area (Å²) < 4.78 is 5.54. The van der Waals surface area contributed by atoms with Gasteiger partial charge >= 0.3 is 5.97 Å². The summed E-state index contributed by atoms with van der Waals surface area (Å²) in [4.78, 5) is 15.4. The van der Waals surface area contributed by atoms with Gasteiger partial charge in [-0.2, -0.15) is 0 Å². The molecule has 1 aromatic carbocycles. The van der Waals surface area contributed by atoms with Gasteiger partial charge in [0.05, 0.1) is 0 Å². The van der Waals surface area contributed by atoms with E-state index in [1.54, 1.807) is 11.8 Å². The average molecular weight is 305 g/mol. The molecule has 0 radical (unpaired) electrons. The van der Waals surface area contributed by atoms with Crippen molar-refractivity contribution in [2.75, 3.05) is 25.9 Å². The molecule has 2 aliphatic rings. The molecule has 0 bridgehead atoms. The second-order valence-corrected chi connectivity index (χ2v) is 7.63. The first-order valence-corrected chi connectivity index (χ1v) is 8.70. The van der Waals surface area contributed by atoms with Gasteiger partial charge in [0.2, 0.25) is 0 Å². The van der Waals surface area contributed by atoms with Gasteiger partial charge in [0, 0.05) is 29.8 Å². The lowest BCUT2D eigenvalue weighted by atomic mass is 9.62. The standard InChI is InChI=1S/C17H23NO2S/c1-18-12-17(13-18)10-14(11-17)20-16(19)8-5-9-21-15-6-3-2-4-7-15/h2-4,6-7,14H,5,8-13H2,1H3. The van der Waals surface area contributed by atoms with Gasteiger partial charge in [0.15, 0.2) is 0 Å². The van der Waals surface area contributed by atoms with Crippen molar-refractivity contribution < 1.29 is 9.53 Å². The molecular weight excluding hydrogens is 282 g/mol. The highest BCUT2D eigenvalue weighted by molar-refractivity contribution is 7.99. The predicted octanol–water partition coefficient (Wildman–Crippen LogP) is 3.20. The molecule has 1 saturated carbocycles. The Balaban J connectivity index is 1.26. The van der Waals surface area contributed by atoms with E-state index < -0.39 is 0 Å². The summed E-state index contributed by atoms with van der Waals surface area (Å²) in [5.74, 6) is 0.953. The number of rotatable bonds is 6. The number of carbonyl (C=O) groups is 1. The maximum atomic E-state index is 11.8. The molecule has 4 heteroatoms. The second-order valence-electron chi connectivity index (χ2n) is 6.46. The van der Waals surface area contributed by atoms with Crippen LogP contribution in [0, 0.1) is 5.41 Å². The molecular formula is C17H23NO2S. The molecule has 3 nitrogen and oxygen atoms in total. The van der Waals surface area contributed by atoms with Crippen molar-refractivity contribution in [1.82, 2.24) is 4.90 Å². The molecule has 1 heterocycles. The zero-order chi connectivity index (χ0) is 14.7. The summed E-state index contributed by atoms with van der Waals surface area (Å²) in [7, 11) is 2.15. The lowest BCUT2D eigenvalue weighted by Gasteiger charge is -2.57. The van der Waals surface area contributed by atoms with Crippen molar-refractivity contribution in [3.8, 4) is 0 Å². The average Bonchev–Trinajstić information content (AvgIpc) is 2.41. The van der Waals surface area contributed by atoms with Crippen molar-refractivity contribution >= 4 is 17.7 Å². The van der Waals surface area contributed by atoms with Gasteiger partial charge in [-0.05, 0) is 44.2 Å². The van der Waals surface area contributed by atoms with Gasteiger partial charge < -0.3 is 9.64 Å². The molecule has 114 valence electrons. The number of hydrogen-bond donors (Lipinski definition) is 0. The summed E-state index contributed by atoms with van der Waals surface area (Å²) in [5.41, 5.74) is 0.489. The van der Waals surface area contributed by atoms with E-state index in [1.807, 2.05) is 18.2 Å². The molecule has 0 amide bonds. The third-order valence-electron chi connectivity index (χ3n) is 4.37. The van der Waals surface area contributed by atoms with Crippen molar-refractivity contribution in [3.63, 3.8) is 0 Å². The molecule has 0 atom stereocenters. The van der Waals surface area contributed by atoms with Crippen LogP contribution in [0.3, 0.4) is 0 Å². The number of esters is 1. The monoisotopic (exact) mass is 305 g/mol. The Labute approximate surface area is 131 Å². The molecule has 0 N–H and O–H groups in total. The van der Waals surface area contributed by atoms with Crippen LogP contribution in [0.5, 0.6) is 0 Å². The number of carbonyl (C=O) groups excluding carboxylic acids is 1. The Bertz CT molecular complexity index is 477. The zero-order valence-corrected chi connectivity index (χ0v) is 13.4. The Morgan fingerprint density at radius 1 is 1.33 bits per heavy atom. The largest absolute Gasteiger partial charge is 0.462 e. The van der Waals surface area contributed by atoms with Crippen LogP contribution >= 0.6 is 11.8 Å². The first-order chi connectivity index (χ1) is 10.2. The summed E-state index contributed by atoms with van der Waals surface area (Å²) in [6, 6.07) is 10.3. The van der Waals surface area contributed by atoms with Crippen molar-refractivity contribution in [2.24, 2.45) is 5.41 Å². The van der Waals surface area contributed by atoms with E-state index in [0.29, 0.717) is 11.8 Å². The minimum atomic E-state index is -0.0174. The molecule has 0 aromatic heterocycles. The minimum absolute atomic E-state index is 0.0174. The molecule has 21 heavy (non-hydrogen) atoms. The predicted molar refractivity (Wildman–Crippen MR) is 85.4 cm³/mol. The van der Waals surface area contributed by atoms with E-state index >= 15 is 0 Å². The van der Waals surface area contributed by atoms with Gasteiger partial charge in [-0.15, -0.1) is 11.8 Å². The van der Waals surface area contributed by atoms with Gasteiger partial charge in [0.25, 0.3) is 0 Å². The fraction of sp³-hybridized carbons (Fsp3) is 0.588. The Hall–Kier alpha value is -1.00. The number of hydrogen-bond acceptors (Lipinski definition) is 4.